The van der Waals surface area contributed by atoms with Gasteiger partial charge >= 0.3 is 0 Å². The summed E-state index contributed by atoms with van der Waals surface area (Å²) in [6.45, 7) is 8.15. The molecule has 0 saturated heterocycles. The molecule has 0 aromatic rings. The molecule has 0 radical (unpaired) electrons. The van der Waals surface area contributed by atoms with Gasteiger partial charge in [-0.3, -0.25) is 19.3 Å². The Morgan fingerprint density at radius 2 is 1.65 bits per heavy atom. The van der Waals surface area contributed by atoms with Crippen LogP contribution in [0.4, 0.5) is 0 Å². The van der Waals surface area contributed by atoms with Crippen LogP contribution in [0.3, 0.4) is 0 Å². The van der Waals surface area contributed by atoms with Crippen LogP contribution >= 0.6 is 0 Å². The third kappa shape index (κ3) is 2.58. The van der Waals surface area contributed by atoms with Crippen molar-refractivity contribution in [1.29, 1.82) is 0 Å². The van der Waals surface area contributed by atoms with Crippen molar-refractivity contribution in [3.8, 4) is 0 Å². The summed E-state index contributed by atoms with van der Waals surface area (Å²) < 4.78 is 0. The Morgan fingerprint density at radius 3 is 2.13 bits per heavy atom. The lowest BCUT2D eigenvalue weighted by Gasteiger charge is -2.14. The molecular weight excluding hydrogens is 290 g/mol. The second kappa shape index (κ2) is 5.43. The first-order chi connectivity index (χ1) is 10.7. The van der Waals surface area contributed by atoms with Crippen LogP contribution in [0.2, 0.25) is 0 Å². The minimum atomic E-state index is -0.227. The van der Waals surface area contributed by atoms with E-state index in [2.05, 4.69) is 19.9 Å². The van der Waals surface area contributed by atoms with Crippen LogP contribution in [0.25, 0.3) is 0 Å². The Kier molecular flexibility index (Phi) is 3.81. The van der Waals surface area contributed by atoms with Gasteiger partial charge in [0.05, 0.1) is 6.54 Å². The monoisotopic (exact) mass is 315 g/mol. The van der Waals surface area contributed by atoms with Gasteiger partial charge in [0.2, 0.25) is 0 Å². The van der Waals surface area contributed by atoms with Gasteiger partial charge in [-0.25, -0.2) is 0 Å². The third-order valence-corrected chi connectivity index (χ3v) is 5.56. The Bertz CT molecular complexity index is 622. The van der Waals surface area contributed by atoms with E-state index in [0.717, 1.165) is 12.8 Å². The van der Waals surface area contributed by atoms with Crippen LogP contribution in [-0.4, -0.2) is 29.0 Å². The molecule has 3 rings (SSSR count). The molecular formula is C19H25NO3. The third-order valence-electron chi connectivity index (χ3n) is 5.56. The highest BCUT2D eigenvalue weighted by atomic mass is 16.2. The number of nitrogens with zero attached hydrogens (tertiary/aromatic N) is 1. The van der Waals surface area contributed by atoms with Gasteiger partial charge in [-0.1, -0.05) is 25.5 Å². The highest BCUT2D eigenvalue weighted by molar-refractivity contribution is 6.20. The standard InChI is InChI=1S/C19H25NO3/c1-11(2)9-14-16(19(14,3)4)15(21)10-20-17(22)12-7-5-6-8-13(12)18(20)23/h9,14,16H,5-8,10H2,1-4H3. The van der Waals surface area contributed by atoms with Crippen molar-refractivity contribution in [3.63, 3.8) is 0 Å². The van der Waals surface area contributed by atoms with Crippen molar-refractivity contribution < 1.29 is 14.4 Å². The molecule has 1 saturated carbocycles. The zero-order valence-corrected chi connectivity index (χ0v) is 14.4. The zero-order chi connectivity index (χ0) is 16.9. The molecule has 0 bridgehead atoms. The predicted octanol–water partition coefficient (Wildman–Crippen LogP) is 3.03. The summed E-state index contributed by atoms with van der Waals surface area (Å²) in [5, 5.41) is 0. The average molecular weight is 315 g/mol. The smallest absolute Gasteiger partial charge is 0.257 e. The minimum absolute atomic E-state index is 0.0130. The summed E-state index contributed by atoms with van der Waals surface area (Å²) in [7, 11) is 0. The first kappa shape index (κ1) is 16.2. The van der Waals surface area contributed by atoms with Crippen LogP contribution in [0.1, 0.15) is 53.4 Å². The molecule has 1 aliphatic heterocycles. The number of ketones is 1. The first-order valence-corrected chi connectivity index (χ1v) is 8.51. The van der Waals surface area contributed by atoms with Crippen LogP contribution in [0.15, 0.2) is 22.8 Å². The van der Waals surface area contributed by atoms with E-state index in [-0.39, 0.29) is 41.4 Å². The molecule has 0 aromatic heterocycles. The van der Waals surface area contributed by atoms with Crippen molar-refractivity contribution in [2.75, 3.05) is 6.54 Å². The van der Waals surface area contributed by atoms with Crippen LogP contribution in [-0.2, 0) is 14.4 Å². The second-order valence-corrected chi connectivity index (χ2v) is 7.90. The van der Waals surface area contributed by atoms with E-state index in [1.54, 1.807) is 0 Å². The molecule has 4 heteroatoms. The van der Waals surface area contributed by atoms with Crippen LogP contribution in [0.5, 0.6) is 0 Å². The maximum atomic E-state index is 12.7. The quantitative estimate of drug-likeness (QED) is 0.592. The average Bonchev–Trinajstić information content (AvgIpc) is 2.93. The van der Waals surface area contributed by atoms with Gasteiger partial charge in [-0.15, -0.1) is 0 Å². The molecule has 2 unspecified atom stereocenters. The van der Waals surface area contributed by atoms with Gasteiger partial charge in [-0.05, 0) is 50.9 Å². The molecule has 2 atom stereocenters. The maximum Gasteiger partial charge on any atom is 0.257 e. The minimum Gasteiger partial charge on any atom is -0.297 e. The van der Waals surface area contributed by atoms with E-state index >= 15 is 0 Å². The molecule has 4 nitrogen and oxygen atoms in total. The molecule has 1 fully saturated rings. The molecule has 0 aromatic carbocycles. The van der Waals surface area contributed by atoms with E-state index in [0.29, 0.717) is 24.0 Å². The van der Waals surface area contributed by atoms with Crippen molar-refractivity contribution in [2.24, 2.45) is 17.3 Å². The normalized spacial score (nSPS) is 28.8. The van der Waals surface area contributed by atoms with Gasteiger partial charge in [0.25, 0.3) is 11.8 Å². The van der Waals surface area contributed by atoms with Gasteiger partial charge < -0.3 is 0 Å². The SMILES string of the molecule is CC(C)=CC1C(C(=O)CN2C(=O)C3=C(CCCC3)C2=O)C1(C)C. The number of carbonyl (C=O) groups excluding carboxylic acids is 3. The topological polar surface area (TPSA) is 54.5 Å². The van der Waals surface area contributed by atoms with Crippen molar-refractivity contribution >= 4 is 17.6 Å². The molecule has 0 N–H and O–H groups in total. The lowest BCUT2D eigenvalue weighted by atomic mass is 9.93. The molecule has 3 aliphatic rings. The van der Waals surface area contributed by atoms with E-state index in [1.165, 1.54) is 10.5 Å². The number of carbonyl (C=O) groups is 3. The van der Waals surface area contributed by atoms with Crippen molar-refractivity contribution in [2.45, 2.75) is 53.4 Å². The summed E-state index contributed by atoms with van der Waals surface area (Å²) in [5.41, 5.74) is 2.44. The van der Waals surface area contributed by atoms with Gasteiger partial charge in [0.1, 0.15) is 0 Å². The number of rotatable bonds is 4. The number of amides is 2. The lowest BCUT2D eigenvalue weighted by Crippen LogP contribution is -2.37. The number of hydrogen-bond acceptors (Lipinski definition) is 3. The van der Waals surface area contributed by atoms with Gasteiger partial charge in [0, 0.05) is 17.1 Å². The fourth-order valence-corrected chi connectivity index (χ4v) is 4.16. The van der Waals surface area contributed by atoms with Gasteiger partial charge in [0.15, 0.2) is 5.78 Å². The zero-order valence-electron chi connectivity index (χ0n) is 14.4. The van der Waals surface area contributed by atoms with E-state index in [1.807, 2.05) is 13.8 Å². The van der Waals surface area contributed by atoms with Crippen LogP contribution < -0.4 is 0 Å². The largest absolute Gasteiger partial charge is 0.297 e. The van der Waals surface area contributed by atoms with Crippen molar-refractivity contribution in [1.82, 2.24) is 4.90 Å². The summed E-state index contributed by atoms with van der Waals surface area (Å²) in [6.07, 6.45) is 5.41. The number of hydrogen-bond donors (Lipinski definition) is 0. The summed E-state index contributed by atoms with van der Waals surface area (Å²) in [6, 6.07) is 0. The van der Waals surface area contributed by atoms with Crippen molar-refractivity contribution in [3.05, 3.63) is 22.8 Å². The number of Topliss-reactive ketones (excluding diaryl/α,β-unsaturated/α-hetero) is 1. The second-order valence-electron chi connectivity index (χ2n) is 7.90. The molecule has 1 heterocycles. The molecule has 2 aliphatic carbocycles. The Labute approximate surface area is 137 Å². The maximum absolute atomic E-state index is 12.7. The molecule has 2 amide bonds. The Morgan fingerprint density at radius 1 is 1.13 bits per heavy atom. The summed E-state index contributed by atoms with van der Waals surface area (Å²) >= 11 is 0. The Balaban J connectivity index is 1.72. The summed E-state index contributed by atoms with van der Waals surface area (Å²) in [5.74, 6) is -0.310. The molecule has 0 spiro atoms. The first-order valence-electron chi connectivity index (χ1n) is 8.51. The highest BCUT2D eigenvalue weighted by Gasteiger charge is 2.60. The summed E-state index contributed by atoms with van der Waals surface area (Å²) in [4.78, 5) is 38.7. The van der Waals surface area contributed by atoms with Crippen LogP contribution in [0, 0.1) is 17.3 Å². The number of imide groups is 1. The van der Waals surface area contributed by atoms with Gasteiger partial charge in [-0.2, -0.15) is 0 Å². The molecule has 124 valence electrons. The Hall–Kier alpha value is -1.71. The van der Waals surface area contributed by atoms with E-state index in [9.17, 15) is 14.4 Å². The fraction of sp³-hybridized carbons (Fsp3) is 0.632. The number of allylic oxidation sites excluding steroid dienone is 2. The lowest BCUT2D eigenvalue weighted by molar-refractivity contribution is -0.141. The predicted molar refractivity (Wildman–Crippen MR) is 87.4 cm³/mol. The highest BCUT2D eigenvalue weighted by Crippen LogP contribution is 2.59. The fourth-order valence-electron chi connectivity index (χ4n) is 4.16. The van der Waals surface area contributed by atoms with E-state index < -0.39 is 0 Å². The molecule has 23 heavy (non-hydrogen) atoms. The van der Waals surface area contributed by atoms with E-state index in [4.69, 9.17) is 0 Å².